The summed E-state index contributed by atoms with van der Waals surface area (Å²) >= 11 is 1.77. The molecule has 0 aromatic heterocycles. The second-order valence-corrected chi connectivity index (χ2v) is 8.62. The lowest BCUT2D eigenvalue weighted by molar-refractivity contribution is -0.0139. The maximum Gasteiger partial charge on any atom is 0.274 e. The van der Waals surface area contributed by atoms with Gasteiger partial charge in [0.2, 0.25) is 0 Å². The molecule has 2 nitrogen and oxygen atoms in total. The summed E-state index contributed by atoms with van der Waals surface area (Å²) < 4.78 is 44.3. The SMILES string of the molecule is CC(C)(C)[S+]([O-])N=C1CCC(F)(F)c2cc(Br)ccc21. The van der Waals surface area contributed by atoms with E-state index >= 15 is 0 Å². The molecule has 0 radical (unpaired) electrons. The highest BCUT2D eigenvalue weighted by molar-refractivity contribution is 9.10. The van der Waals surface area contributed by atoms with Crippen molar-refractivity contribution in [1.82, 2.24) is 0 Å². The van der Waals surface area contributed by atoms with Gasteiger partial charge in [-0.3, -0.25) is 0 Å². The number of benzene rings is 1. The van der Waals surface area contributed by atoms with Crippen molar-refractivity contribution in [2.45, 2.75) is 44.3 Å². The van der Waals surface area contributed by atoms with Crippen molar-refractivity contribution in [3.63, 3.8) is 0 Å². The van der Waals surface area contributed by atoms with E-state index in [0.717, 1.165) is 0 Å². The van der Waals surface area contributed by atoms with Gasteiger partial charge in [-0.25, -0.2) is 8.78 Å². The Balaban J connectivity index is 2.48. The topological polar surface area (TPSA) is 35.4 Å². The molecule has 0 amide bonds. The Hall–Kier alpha value is -0.460. The van der Waals surface area contributed by atoms with Gasteiger partial charge in [-0.15, -0.1) is 0 Å². The van der Waals surface area contributed by atoms with Crippen LogP contribution in [0.1, 0.15) is 44.7 Å². The molecule has 0 bridgehead atoms. The monoisotopic (exact) mass is 363 g/mol. The molecule has 1 atom stereocenters. The van der Waals surface area contributed by atoms with Crippen LogP contribution in [0.2, 0.25) is 0 Å². The van der Waals surface area contributed by atoms with Crippen LogP contribution in [-0.2, 0) is 17.3 Å². The fourth-order valence-electron chi connectivity index (χ4n) is 1.95. The van der Waals surface area contributed by atoms with Gasteiger partial charge in [-0.05, 0) is 32.9 Å². The molecule has 0 fully saturated rings. The van der Waals surface area contributed by atoms with Gasteiger partial charge in [0, 0.05) is 28.4 Å². The third-order valence-corrected chi connectivity index (χ3v) is 5.01. The van der Waals surface area contributed by atoms with Crippen LogP contribution in [0.5, 0.6) is 0 Å². The van der Waals surface area contributed by atoms with Gasteiger partial charge >= 0.3 is 0 Å². The molecule has 0 saturated carbocycles. The normalized spacial score (nSPS) is 21.6. The fraction of sp³-hybridized carbons (Fsp3) is 0.500. The van der Waals surface area contributed by atoms with Crippen LogP contribution >= 0.6 is 15.9 Å². The highest BCUT2D eigenvalue weighted by Crippen LogP contribution is 2.41. The molecule has 110 valence electrons. The van der Waals surface area contributed by atoms with Gasteiger partial charge in [-0.1, -0.05) is 26.4 Å². The Morgan fingerprint density at radius 1 is 1.35 bits per heavy atom. The predicted molar refractivity (Wildman–Crippen MR) is 81.7 cm³/mol. The molecule has 6 heteroatoms. The van der Waals surface area contributed by atoms with Crippen LogP contribution in [0.3, 0.4) is 0 Å². The zero-order valence-corrected chi connectivity index (χ0v) is 13.9. The first-order chi connectivity index (χ1) is 9.11. The minimum Gasteiger partial charge on any atom is -0.591 e. The largest absolute Gasteiger partial charge is 0.591 e. The van der Waals surface area contributed by atoms with E-state index in [4.69, 9.17) is 0 Å². The third kappa shape index (κ3) is 3.23. The van der Waals surface area contributed by atoms with Crippen molar-refractivity contribution in [3.05, 3.63) is 33.8 Å². The molecule has 1 aromatic rings. The zero-order valence-electron chi connectivity index (χ0n) is 11.5. The van der Waals surface area contributed by atoms with E-state index in [1.165, 1.54) is 6.07 Å². The molecule has 1 unspecified atom stereocenters. The average Bonchev–Trinajstić information content (AvgIpc) is 2.32. The molecular weight excluding hydrogens is 348 g/mol. The smallest absolute Gasteiger partial charge is 0.274 e. The van der Waals surface area contributed by atoms with E-state index in [1.807, 2.05) is 20.8 Å². The predicted octanol–water partition coefficient (Wildman–Crippen LogP) is 4.59. The van der Waals surface area contributed by atoms with E-state index in [0.29, 0.717) is 15.7 Å². The summed E-state index contributed by atoms with van der Waals surface area (Å²) in [4.78, 5) is 0. The van der Waals surface area contributed by atoms with Crippen molar-refractivity contribution >= 4 is 33.0 Å². The molecule has 20 heavy (non-hydrogen) atoms. The molecule has 0 N–H and O–H groups in total. The lowest BCUT2D eigenvalue weighted by Crippen LogP contribution is -2.30. The number of hydrogen-bond donors (Lipinski definition) is 0. The summed E-state index contributed by atoms with van der Waals surface area (Å²) in [6.45, 7) is 5.44. The van der Waals surface area contributed by atoms with Gasteiger partial charge in [0.15, 0.2) is 0 Å². The summed E-state index contributed by atoms with van der Waals surface area (Å²) in [5.41, 5.74) is 0.872. The van der Waals surface area contributed by atoms with E-state index in [1.54, 1.807) is 12.1 Å². The molecule has 2 rings (SSSR count). The second-order valence-electron chi connectivity index (χ2n) is 5.79. The first-order valence-corrected chi connectivity index (χ1v) is 8.19. The Bertz CT molecular complexity index is 555. The lowest BCUT2D eigenvalue weighted by atomic mass is 9.87. The standard InChI is InChI=1S/C14H16BrF2NOS/c1-13(2,3)20(19)18-12-6-7-14(16,17)11-8-9(15)4-5-10(11)12/h4-5,8H,6-7H2,1-3H3. The van der Waals surface area contributed by atoms with Crippen LogP contribution in [0, 0.1) is 0 Å². The van der Waals surface area contributed by atoms with Crippen molar-refractivity contribution in [3.8, 4) is 0 Å². The molecule has 1 aromatic carbocycles. The molecule has 0 heterocycles. The molecular formula is C14H16BrF2NOS. The van der Waals surface area contributed by atoms with Crippen molar-refractivity contribution in [2.75, 3.05) is 0 Å². The Morgan fingerprint density at radius 2 is 2.00 bits per heavy atom. The maximum atomic E-state index is 14.0. The Morgan fingerprint density at radius 3 is 2.60 bits per heavy atom. The molecule has 0 saturated heterocycles. The highest BCUT2D eigenvalue weighted by atomic mass is 79.9. The van der Waals surface area contributed by atoms with Crippen LogP contribution in [0.15, 0.2) is 27.1 Å². The number of hydrogen-bond acceptors (Lipinski definition) is 2. The van der Waals surface area contributed by atoms with Gasteiger partial charge in [0.05, 0.1) is 5.71 Å². The quantitative estimate of drug-likeness (QED) is 0.672. The number of rotatable bonds is 1. The van der Waals surface area contributed by atoms with Crippen LogP contribution in [0.25, 0.3) is 0 Å². The highest BCUT2D eigenvalue weighted by Gasteiger charge is 2.40. The minimum atomic E-state index is -2.86. The summed E-state index contributed by atoms with van der Waals surface area (Å²) in [6, 6.07) is 4.74. The number of alkyl halides is 2. The zero-order chi connectivity index (χ0) is 15.1. The van der Waals surface area contributed by atoms with Gasteiger partial charge < -0.3 is 4.55 Å². The summed E-state index contributed by atoms with van der Waals surface area (Å²) in [6.07, 6.45) is -0.153. The maximum absolute atomic E-state index is 14.0. The van der Waals surface area contributed by atoms with Crippen molar-refractivity contribution in [2.24, 2.45) is 4.40 Å². The Kier molecular flexibility index (Phi) is 4.29. The first kappa shape index (κ1) is 15.9. The Labute approximate surface area is 129 Å². The summed E-state index contributed by atoms with van der Waals surface area (Å²) in [7, 11) is 0. The number of halogens is 3. The molecule has 1 aliphatic rings. The van der Waals surface area contributed by atoms with Gasteiger partial charge in [-0.2, -0.15) is 0 Å². The van der Waals surface area contributed by atoms with Crippen LogP contribution < -0.4 is 0 Å². The van der Waals surface area contributed by atoms with Crippen molar-refractivity contribution in [1.29, 1.82) is 0 Å². The summed E-state index contributed by atoms with van der Waals surface area (Å²) in [5, 5.41) is 0. The van der Waals surface area contributed by atoms with Crippen LogP contribution in [0.4, 0.5) is 8.78 Å². The fourth-order valence-corrected chi connectivity index (χ4v) is 2.97. The number of fused-ring (bicyclic) bond motifs is 1. The lowest BCUT2D eigenvalue weighted by Gasteiger charge is -2.27. The van der Waals surface area contributed by atoms with Crippen molar-refractivity contribution < 1.29 is 13.3 Å². The van der Waals surface area contributed by atoms with E-state index in [-0.39, 0.29) is 18.4 Å². The van der Waals surface area contributed by atoms with Gasteiger partial charge in [0.1, 0.15) is 16.1 Å². The average molecular weight is 364 g/mol. The van der Waals surface area contributed by atoms with Crippen LogP contribution in [-0.4, -0.2) is 15.0 Å². The first-order valence-electron chi connectivity index (χ1n) is 6.29. The summed E-state index contributed by atoms with van der Waals surface area (Å²) in [5.74, 6) is -2.86. The molecule has 0 spiro atoms. The van der Waals surface area contributed by atoms with E-state index < -0.39 is 22.0 Å². The third-order valence-electron chi connectivity index (χ3n) is 3.08. The van der Waals surface area contributed by atoms with Gasteiger partial charge in [0.25, 0.3) is 5.92 Å². The number of nitrogens with zero attached hydrogens (tertiary/aromatic N) is 1. The van der Waals surface area contributed by atoms with E-state index in [9.17, 15) is 13.3 Å². The second kappa shape index (κ2) is 5.39. The van der Waals surface area contributed by atoms with E-state index in [2.05, 4.69) is 20.3 Å². The molecule has 0 aliphatic heterocycles. The minimum absolute atomic E-state index is 0.0391. The molecule has 1 aliphatic carbocycles.